The van der Waals surface area contributed by atoms with Crippen LogP contribution in [0.5, 0.6) is 0 Å². The second-order valence-corrected chi connectivity index (χ2v) is 4.14. The van der Waals surface area contributed by atoms with Crippen molar-refractivity contribution in [1.82, 2.24) is 0 Å². The van der Waals surface area contributed by atoms with E-state index in [1.54, 1.807) is 0 Å². The smallest absolute Gasteiger partial charge is 0.119 e. The topological polar surface area (TPSA) is 17.1 Å². The molecule has 0 aliphatic carbocycles. The first kappa shape index (κ1) is 32.3. The van der Waals surface area contributed by atoms with E-state index in [2.05, 4.69) is 6.92 Å². The zero-order valence-electron chi connectivity index (χ0n) is 11.1. The second kappa shape index (κ2) is 31.6. The molecule has 0 unspecified atom stereocenters. The van der Waals surface area contributed by atoms with Gasteiger partial charge in [0.25, 0.3) is 0 Å². The summed E-state index contributed by atoms with van der Waals surface area (Å²) in [5, 5.41) is 0. The summed E-state index contributed by atoms with van der Waals surface area (Å²) < 4.78 is 0. The van der Waals surface area contributed by atoms with Gasteiger partial charge in [0.1, 0.15) is 6.29 Å². The van der Waals surface area contributed by atoms with Gasteiger partial charge >= 0.3 is 0 Å². The zero-order chi connectivity index (χ0) is 10.5. The van der Waals surface area contributed by atoms with Crippen LogP contribution in [-0.2, 0) is 85.2 Å². The summed E-state index contributed by atoms with van der Waals surface area (Å²) >= 11 is 0. The molecule has 5 heteroatoms. The van der Waals surface area contributed by atoms with Gasteiger partial charge in [-0.3, -0.25) is 0 Å². The first-order valence-electron chi connectivity index (χ1n) is 6.35. The Hall–Kier alpha value is 2.27. The number of hydrogen-bond acceptors (Lipinski definition) is 1. The molecule has 0 bridgehead atoms. The minimum Gasteiger partial charge on any atom is -0.303 e. The first-order valence-corrected chi connectivity index (χ1v) is 6.35. The number of carbonyl (C=O) groups excluding carboxylic acids is 1. The van der Waals surface area contributed by atoms with Crippen LogP contribution in [0.2, 0.25) is 0 Å². The fraction of sp³-hybridized carbons (Fsp3) is 0.923. The van der Waals surface area contributed by atoms with Crippen molar-refractivity contribution in [3.8, 4) is 0 Å². The van der Waals surface area contributed by atoms with Crippen LogP contribution in [0.4, 0.5) is 0 Å². The largest absolute Gasteiger partial charge is 0.303 e. The Labute approximate surface area is 167 Å². The van der Waals surface area contributed by atoms with Crippen LogP contribution in [0.1, 0.15) is 77.6 Å². The molecule has 0 aliphatic heterocycles. The van der Waals surface area contributed by atoms with Crippen LogP contribution in [0.15, 0.2) is 0 Å². The molecule has 18 heavy (non-hydrogen) atoms. The van der Waals surface area contributed by atoms with E-state index in [1.165, 1.54) is 57.8 Å². The molecule has 0 saturated heterocycles. The summed E-state index contributed by atoms with van der Waals surface area (Å²) in [5.74, 6) is 0. The normalized spacial score (nSPS) is 8.06. The number of rotatable bonds is 11. The fourth-order valence-corrected chi connectivity index (χ4v) is 1.72. The summed E-state index contributed by atoms with van der Waals surface area (Å²) in [5.41, 5.74) is 0. The maximum atomic E-state index is 10.0. The monoisotopic (exact) mass is 970 g/mol. The second-order valence-electron chi connectivity index (χ2n) is 4.14. The number of unbranched alkanes of at least 4 members (excludes halogenated alkanes) is 10. The molecular formula is C13H26Ir4O. The molecule has 0 N–H and O–H groups in total. The van der Waals surface area contributed by atoms with E-state index in [1.807, 2.05) is 0 Å². The molecule has 0 aromatic carbocycles. The summed E-state index contributed by atoms with van der Waals surface area (Å²) in [6, 6.07) is 0. The van der Waals surface area contributed by atoms with E-state index in [-0.39, 0.29) is 80.4 Å². The van der Waals surface area contributed by atoms with Crippen LogP contribution < -0.4 is 0 Å². The van der Waals surface area contributed by atoms with Crippen molar-refractivity contribution in [3.05, 3.63) is 0 Å². The van der Waals surface area contributed by atoms with Crippen molar-refractivity contribution in [3.63, 3.8) is 0 Å². The fourth-order valence-electron chi connectivity index (χ4n) is 1.72. The Bertz CT molecular complexity index is 124. The molecule has 0 atom stereocenters. The van der Waals surface area contributed by atoms with Gasteiger partial charge in [0, 0.05) is 86.8 Å². The molecule has 0 aromatic heterocycles. The van der Waals surface area contributed by atoms with Gasteiger partial charge in [-0.15, -0.1) is 0 Å². The SMILES string of the molecule is CCCCCCCCCCCCC=O.[Ir].[Ir].[Ir].[Ir]. The van der Waals surface area contributed by atoms with E-state index in [4.69, 9.17) is 0 Å². The first-order chi connectivity index (χ1) is 6.91. The third kappa shape index (κ3) is 30.9. The van der Waals surface area contributed by atoms with Crippen LogP contribution in [-0.4, -0.2) is 6.29 Å². The van der Waals surface area contributed by atoms with Gasteiger partial charge in [0.15, 0.2) is 0 Å². The molecule has 0 fully saturated rings. The van der Waals surface area contributed by atoms with E-state index in [9.17, 15) is 4.79 Å². The average molecular weight is 967 g/mol. The predicted octanol–water partition coefficient (Wildman–Crippen LogP) is 4.49. The Morgan fingerprint density at radius 2 is 0.944 bits per heavy atom. The molecule has 0 saturated carbocycles. The van der Waals surface area contributed by atoms with Gasteiger partial charge in [0.05, 0.1) is 0 Å². The van der Waals surface area contributed by atoms with Gasteiger partial charge < -0.3 is 4.79 Å². The van der Waals surface area contributed by atoms with Crippen LogP contribution in [0.25, 0.3) is 0 Å². The van der Waals surface area contributed by atoms with E-state index >= 15 is 0 Å². The summed E-state index contributed by atoms with van der Waals surface area (Å²) in [6.45, 7) is 2.26. The predicted molar refractivity (Wildman–Crippen MR) is 62.5 cm³/mol. The van der Waals surface area contributed by atoms with Gasteiger partial charge in [-0.05, 0) is 6.42 Å². The molecule has 0 aliphatic rings. The molecule has 0 amide bonds. The maximum Gasteiger partial charge on any atom is 0.119 e. The minimum absolute atomic E-state index is 0. The zero-order valence-corrected chi connectivity index (χ0v) is 20.7. The number of aldehydes is 1. The Balaban J connectivity index is -0.000000141. The van der Waals surface area contributed by atoms with Gasteiger partial charge in [-0.25, -0.2) is 0 Å². The Morgan fingerprint density at radius 3 is 1.28 bits per heavy atom. The maximum absolute atomic E-state index is 10.0. The summed E-state index contributed by atoms with van der Waals surface area (Å²) in [7, 11) is 0. The molecule has 120 valence electrons. The average Bonchev–Trinajstić information content (AvgIpc) is 2.21. The third-order valence-corrected chi connectivity index (χ3v) is 2.68. The Kier molecular flexibility index (Phi) is 56.6. The molecule has 0 heterocycles. The molecular weight excluding hydrogens is 941 g/mol. The molecule has 0 rings (SSSR count). The van der Waals surface area contributed by atoms with E-state index in [0.29, 0.717) is 0 Å². The van der Waals surface area contributed by atoms with Crippen molar-refractivity contribution in [2.75, 3.05) is 0 Å². The van der Waals surface area contributed by atoms with Gasteiger partial charge in [0.2, 0.25) is 0 Å². The van der Waals surface area contributed by atoms with Crippen molar-refractivity contribution >= 4 is 6.29 Å². The molecule has 0 aromatic rings. The standard InChI is InChI=1S/C13H26O.4Ir/c1-2-3-4-5-6-7-8-9-10-11-12-13-14;;;;/h13H,2-12H2,1H3;;;;. The molecule has 0 spiro atoms. The summed E-state index contributed by atoms with van der Waals surface area (Å²) in [6.07, 6.45) is 15.2. The Morgan fingerprint density at radius 1 is 0.611 bits per heavy atom. The van der Waals surface area contributed by atoms with Crippen molar-refractivity contribution in [2.45, 2.75) is 77.6 Å². The van der Waals surface area contributed by atoms with Crippen LogP contribution in [0, 0.1) is 0 Å². The van der Waals surface area contributed by atoms with E-state index < -0.39 is 0 Å². The number of carbonyl (C=O) groups is 1. The van der Waals surface area contributed by atoms with Crippen molar-refractivity contribution in [1.29, 1.82) is 0 Å². The van der Waals surface area contributed by atoms with Crippen LogP contribution >= 0.6 is 0 Å². The third-order valence-electron chi connectivity index (χ3n) is 2.68. The molecule has 4 radical (unpaired) electrons. The van der Waals surface area contributed by atoms with Crippen molar-refractivity contribution < 1.29 is 85.2 Å². The van der Waals surface area contributed by atoms with Crippen molar-refractivity contribution in [2.24, 2.45) is 0 Å². The van der Waals surface area contributed by atoms with E-state index in [0.717, 1.165) is 19.1 Å². The van der Waals surface area contributed by atoms with Crippen LogP contribution in [0.3, 0.4) is 0 Å². The van der Waals surface area contributed by atoms with Gasteiger partial charge in [-0.1, -0.05) is 64.7 Å². The van der Waals surface area contributed by atoms with Gasteiger partial charge in [-0.2, -0.15) is 0 Å². The summed E-state index contributed by atoms with van der Waals surface area (Å²) in [4.78, 5) is 10.0. The number of hydrogen-bond donors (Lipinski definition) is 0. The molecule has 1 nitrogen and oxygen atoms in total. The quantitative estimate of drug-likeness (QED) is 0.221. The minimum atomic E-state index is 0.